The predicted octanol–water partition coefficient (Wildman–Crippen LogP) is 4.49. The lowest BCUT2D eigenvalue weighted by molar-refractivity contribution is -0.384. The van der Waals surface area contributed by atoms with Crippen molar-refractivity contribution in [3.05, 3.63) is 88.5 Å². The Balaban J connectivity index is 1.51. The van der Waals surface area contributed by atoms with E-state index in [9.17, 15) is 14.9 Å². The average molecular weight is 533 g/mol. The zero-order valence-electron chi connectivity index (χ0n) is 20.8. The summed E-state index contributed by atoms with van der Waals surface area (Å²) in [4.78, 5) is 22.9. The highest BCUT2D eigenvalue weighted by Gasteiger charge is 2.18. The topological polar surface area (TPSA) is 134 Å². The molecule has 1 N–H and O–H groups in total. The normalized spacial score (nSPS) is 11.2. The van der Waals surface area contributed by atoms with Crippen LogP contribution in [0.3, 0.4) is 0 Å². The number of hydrogen-bond donors (Lipinski definition) is 1. The molecule has 0 unspecified atom stereocenters. The monoisotopic (exact) mass is 532 g/mol. The number of methoxy groups -OCH3 is 2. The minimum absolute atomic E-state index is 0.0167. The summed E-state index contributed by atoms with van der Waals surface area (Å²) in [5.41, 5.74) is 5.31. The Bertz CT molecular complexity index is 1450. The molecule has 4 rings (SSSR count). The lowest BCUT2D eigenvalue weighted by Crippen LogP contribution is -2.21. The second-order valence-corrected chi connectivity index (χ2v) is 8.84. The Morgan fingerprint density at radius 2 is 1.58 bits per heavy atom. The van der Waals surface area contributed by atoms with Gasteiger partial charge in [-0.15, -0.1) is 10.2 Å². The van der Waals surface area contributed by atoms with Crippen LogP contribution in [0.5, 0.6) is 11.5 Å². The maximum atomic E-state index is 12.6. The van der Waals surface area contributed by atoms with Crippen molar-refractivity contribution < 1.29 is 19.2 Å². The predicted molar refractivity (Wildman–Crippen MR) is 144 cm³/mol. The van der Waals surface area contributed by atoms with Crippen LogP contribution in [0.15, 0.2) is 83.1 Å². The van der Waals surface area contributed by atoms with Gasteiger partial charge in [0.05, 0.1) is 30.6 Å². The maximum Gasteiger partial charge on any atom is 0.269 e. The maximum absolute atomic E-state index is 12.6. The molecule has 38 heavy (non-hydrogen) atoms. The van der Waals surface area contributed by atoms with Gasteiger partial charge in [0.15, 0.2) is 11.0 Å². The van der Waals surface area contributed by atoms with Crippen molar-refractivity contribution in [2.24, 2.45) is 5.10 Å². The minimum atomic E-state index is -0.472. The van der Waals surface area contributed by atoms with E-state index >= 15 is 0 Å². The van der Waals surface area contributed by atoms with E-state index in [0.29, 0.717) is 28.0 Å². The number of nitro groups is 1. The van der Waals surface area contributed by atoms with Crippen molar-refractivity contribution in [1.29, 1.82) is 0 Å². The van der Waals surface area contributed by atoms with Gasteiger partial charge >= 0.3 is 0 Å². The molecule has 0 saturated carbocycles. The van der Waals surface area contributed by atoms with Gasteiger partial charge in [0.2, 0.25) is 0 Å². The number of amides is 1. The first-order chi connectivity index (χ1) is 18.4. The number of ether oxygens (including phenoxy) is 2. The number of nitro benzene ring substituents is 1. The number of rotatable bonds is 10. The van der Waals surface area contributed by atoms with Crippen molar-refractivity contribution >= 4 is 29.1 Å². The van der Waals surface area contributed by atoms with E-state index in [1.807, 2.05) is 53.1 Å². The van der Waals surface area contributed by atoms with E-state index in [2.05, 4.69) is 20.7 Å². The second-order valence-electron chi connectivity index (χ2n) is 7.89. The zero-order valence-corrected chi connectivity index (χ0v) is 21.6. The third kappa shape index (κ3) is 6.16. The van der Waals surface area contributed by atoms with E-state index in [1.165, 1.54) is 23.9 Å². The van der Waals surface area contributed by atoms with E-state index in [1.54, 1.807) is 33.3 Å². The van der Waals surface area contributed by atoms with E-state index in [-0.39, 0.29) is 17.3 Å². The summed E-state index contributed by atoms with van der Waals surface area (Å²) < 4.78 is 12.4. The van der Waals surface area contributed by atoms with Crippen LogP contribution < -0.4 is 14.9 Å². The van der Waals surface area contributed by atoms with Gasteiger partial charge < -0.3 is 9.47 Å². The van der Waals surface area contributed by atoms with Crippen LogP contribution in [0.4, 0.5) is 5.69 Å². The molecule has 0 spiro atoms. The number of non-ortho nitro benzene ring substituents is 1. The third-order valence-electron chi connectivity index (χ3n) is 5.49. The van der Waals surface area contributed by atoms with Gasteiger partial charge in [0.25, 0.3) is 11.6 Å². The van der Waals surface area contributed by atoms with Gasteiger partial charge in [-0.2, -0.15) is 5.10 Å². The number of benzene rings is 3. The Kier molecular flexibility index (Phi) is 8.34. The molecule has 0 saturated heterocycles. The first-order valence-corrected chi connectivity index (χ1v) is 12.3. The highest BCUT2D eigenvalue weighted by molar-refractivity contribution is 7.99. The molecule has 4 aromatic rings. The number of nitrogens with one attached hydrogen (secondary N) is 1. The largest absolute Gasteiger partial charge is 0.497 e. The summed E-state index contributed by atoms with van der Waals surface area (Å²) in [6, 6.07) is 20.8. The summed E-state index contributed by atoms with van der Waals surface area (Å²) in [6.07, 6.45) is 0. The molecular formula is C26H24N6O5S. The van der Waals surface area contributed by atoms with Crippen molar-refractivity contribution in [3.8, 4) is 28.6 Å². The number of carbonyl (C=O) groups is 1. The first kappa shape index (κ1) is 26.4. The number of hydrogen-bond acceptors (Lipinski definition) is 9. The SMILES string of the molecule is COc1ccc(-c2nnc(SCC(=O)N/N=C(/C)c3ccc([N+](=O)[O-])cc3)n2-c2ccc(OC)cc2)cc1. The Morgan fingerprint density at radius 1 is 0.974 bits per heavy atom. The number of thioether (sulfide) groups is 1. The second kappa shape index (κ2) is 12.0. The molecule has 0 fully saturated rings. The highest BCUT2D eigenvalue weighted by atomic mass is 32.2. The molecule has 3 aromatic carbocycles. The number of nitrogens with zero attached hydrogens (tertiary/aromatic N) is 5. The van der Waals surface area contributed by atoms with Crippen LogP contribution in [0.25, 0.3) is 17.1 Å². The molecule has 0 aliphatic rings. The molecule has 0 aliphatic heterocycles. The fourth-order valence-corrected chi connectivity index (χ4v) is 4.20. The Hall–Kier alpha value is -4.71. The van der Waals surface area contributed by atoms with Crippen molar-refractivity contribution in [2.45, 2.75) is 12.1 Å². The summed E-state index contributed by atoms with van der Waals surface area (Å²) in [5.74, 6) is 1.73. The Labute approximate surface area is 222 Å². The van der Waals surface area contributed by atoms with Crippen molar-refractivity contribution in [2.75, 3.05) is 20.0 Å². The van der Waals surface area contributed by atoms with Crippen molar-refractivity contribution in [3.63, 3.8) is 0 Å². The minimum Gasteiger partial charge on any atom is -0.497 e. The van der Waals surface area contributed by atoms with E-state index in [0.717, 1.165) is 17.0 Å². The quantitative estimate of drug-likeness (QED) is 0.137. The molecule has 1 amide bonds. The molecule has 1 heterocycles. The zero-order chi connectivity index (χ0) is 27.1. The molecule has 194 valence electrons. The number of carbonyl (C=O) groups excluding carboxylic acids is 1. The van der Waals surface area contributed by atoms with Crippen LogP contribution in [0, 0.1) is 10.1 Å². The van der Waals surface area contributed by atoms with Gasteiger partial charge in [-0.1, -0.05) is 11.8 Å². The van der Waals surface area contributed by atoms with Crippen LogP contribution >= 0.6 is 11.8 Å². The first-order valence-electron chi connectivity index (χ1n) is 11.3. The molecule has 0 bridgehead atoms. The fourth-order valence-electron chi connectivity index (χ4n) is 3.45. The molecular weight excluding hydrogens is 508 g/mol. The standard InChI is InChI=1S/C26H24N6O5S/c1-17(18-4-8-21(9-5-18)32(34)35)27-28-24(33)16-38-26-30-29-25(19-6-12-22(36-2)13-7-19)31(26)20-10-14-23(37-3)15-11-20/h4-15H,16H2,1-3H3,(H,28,33)/b27-17-. The molecule has 0 radical (unpaired) electrons. The van der Waals surface area contributed by atoms with Gasteiger partial charge in [0, 0.05) is 23.4 Å². The van der Waals surface area contributed by atoms with E-state index < -0.39 is 4.92 Å². The molecule has 0 atom stereocenters. The summed E-state index contributed by atoms with van der Waals surface area (Å²) >= 11 is 1.21. The van der Waals surface area contributed by atoms with Gasteiger partial charge in [-0.3, -0.25) is 19.5 Å². The molecule has 11 nitrogen and oxygen atoms in total. The average Bonchev–Trinajstić information content (AvgIpc) is 3.38. The summed E-state index contributed by atoms with van der Waals surface area (Å²) in [6.45, 7) is 1.70. The third-order valence-corrected chi connectivity index (χ3v) is 6.42. The van der Waals surface area contributed by atoms with Crippen LogP contribution in [-0.2, 0) is 4.79 Å². The van der Waals surface area contributed by atoms with Crippen LogP contribution in [0.2, 0.25) is 0 Å². The van der Waals surface area contributed by atoms with Gasteiger partial charge in [-0.25, -0.2) is 5.43 Å². The van der Waals surface area contributed by atoms with Gasteiger partial charge in [0.1, 0.15) is 11.5 Å². The summed E-state index contributed by atoms with van der Waals surface area (Å²) in [7, 11) is 3.20. The lowest BCUT2D eigenvalue weighted by Gasteiger charge is -2.11. The van der Waals surface area contributed by atoms with Crippen molar-refractivity contribution in [1.82, 2.24) is 20.2 Å². The molecule has 0 aliphatic carbocycles. The lowest BCUT2D eigenvalue weighted by atomic mass is 10.1. The number of aromatic nitrogens is 3. The fraction of sp³-hybridized carbons (Fsp3) is 0.154. The van der Waals surface area contributed by atoms with Crippen LogP contribution in [-0.4, -0.2) is 51.3 Å². The number of hydrazone groups is 1. The molecule has 1 aromatic heterocycles. The smallest absolute Gasteiger partial charge is 0.269 e. The van der Waals surface area contributed by atoms with Gasteiger partial charge in [-0.05, 0) is 73.2 Å². The molecule has 12 heteroatoms. The Morgan fingerprint density at radius 3 is 2.16 bits per heavy atom. The van der Waals surface area contributed by atoms with E-state index in [4.69, 9.17) is 9.47 Å². The summed E-state index contributed by atoms with van der Waals surface area (Å²) in [5, 5.41) is 24.2. The highest BCUT2D eigenvalue weighted by Crippen LogP contribution is 2.29. The van der Waals surface area contributed by atoms with Crippen LogP contribution in [0.1, 0.15) is 12.5 Å².